The molecule has 0 unspecified atom stereocenters. The molecule has 5 heteroatoms. The third-order valence-electron chi connectivity index (χ3n) is 1.76. The highest BCUT2D eigenvalue weighted by atomic mass is 16.5. The van der Waals surface area contributed by atoms with E-state index in [-0.39, 0.29) is 17.3 Å². The molecule has 0 fully saturated rings. The number of ether oxygens (including phenoxy) is 1. The highest BCUT2D eigenvalue weighted by molar-refractivity contribution is 6.03. The molecule has 0 aromatic carbocycles. The molecule has 86 valence electrons. The predicted molar refractivity (Wildman–Crippen MR) is 57.2 cm³/mol. The Morgan fingerprint density at radius 3 is 2.50 bits per heavy atom. The molecule has 0 saturated carbocycles. The van der Waals surface area contributed by atoms with Crippen molar-refractivity contribution < 1.29 is 18.7 Å². The lowest BCUT2D eigenvalue weighted by Crippen LogP contribution is -2.03. The smallest absolute Gasteiger partial charge is 0.373 e. The summed E-state index contributed by atoms with van der Waals surface area (Å²) in [4.78, 5) is 24.3. The van der Waals surface area contributed by atoms with Gasteiger partial charge in [0.1, 0.15) is 0 Å². The predicted octanol–water partition coefficient (Wildman–Crippen LogP) is 1.32. The molecule has 0 saturated heterocycles. The lowest BCUT2D eigenvalue weighted by Gasteiger charge is -2.01. The van der Waals surface area contributed by atoms with Gasteiger partial charge in [0.05, 0.1) is 7.11 Å². The summed E-state index contributed by atoms with van der Waals surface area (Å²) in [6.45, 7) is 0. The van der Waals surface area contributed by atoms with E-state index in [1.807, 2.05) is 0 Å². The zero-order valence-electron chi connectivity index (χ0n) is 9.39. The molecule has 0 N–H and O–H groups in total. The van der Waals surface area contributed by atoms with Gasteiger partial charge in [-0.25, -0.2) is 4.79 Å². The van der Waals surface area contributed by atoms with Crippen molar-refractivity contribution in [3.63, 3.8) is 0 Å². The van der Waals surface area contributed by atoms with Crippen molar-refractivity contribution in [2.75, 3.05) is 21.2 Å². The monoisotopic (exact) mass is 223 g/mol. The number of allylic oxidation sites excluding steroid dienone is 1. The third-order valence-corrected chi connectivity index (χ3v) is 1.76. The SMILES string of the molecule is COC(=O)c1ccc(C(=O)/C=C/N(C)C)o1. The average Bonchev–Trinajstić information content (AvgIpc) is 2.74. The van der Waals surface area contributed by atoms with Crippen LogP contribution >= 0.6 is 0 Å². The van der Waals surface area contributed by atoms with Crippen LogP contribution in [0, 0.1) is 0 Å². The van der Waals surface area contributed by atoms with Gasteiger partial charge in [-0.15, -0.1) is 0 Å². The Hall–Kier alpha value is -2.04. The molecule has 0 amide bonds. The van der Waals surface area contributed by atoms with Gasteiger partial charge in [0, 0.05) is 26.4 Å². The number of nitrogens with zero attached hydrogens (tertiary/aromatic N) is 1. The van der Waals surface area contributed by atoms with Crippen LogP contribution in [-0.4, -0.2) is 37.9 Å². The normalized spacial score (nSPS) is 10.4. The lowest BCUT2D eigenvalue weighted by molar-refractivity contribution is 0.0563. The topological polar surface area (TPSA) is 59.8 Å². The number of methoxy groups -OCH3 is 1. The van der Waals surface area contributed by atoms with Crippen molar-refractivity contribution in [3.05, 3.63) is 35.9 Å². The van der Waals surface area contributed by atoms with Gasteiger partial charge in [0.2, 0.25) is 11.5 Å². The molecule has 0 spiro atoms. The minimum atomic E-state index is -0.601. The van der Waals surface area contributed by atoms with E-state index in [0.717, 1.165) is 0 Å². The summed E-state index contributed by atoms with van der Waals surface area (Å²) in [6.07, 6.45) is 2.96. The maximum atomic E-state index is 11.5. The maximum absolute atomic E-state index is 11.5. The second-order valence-electron chi connectivity index (χ2n) is 3.30. The van der Waals surface area contributed by atoms with Crippen molar-refractivity contribution in [1.29, 1.82) is 0 Å². The average molecular weight is 223 g/mol. The number of carbonyl (C=O) groups is 2. The Labute approximate surface area is 93.3 Å². The van der Waals surface area contributed by atoms with Crippen molar-refractivity contribution in [2.45, 2.75) is 0 Å². The van der Waals surface area contributed by atoms with E-state index >= 15 is 0 Å². The van der Waals surface area contributed by atoms with E-state index in [1.165, 1.54) is 25.3 Å². The first-order valence-electron chi connectivity index (χ1n) is 4.61. The number of hydrogen-bond donors (Lipinski definition) is 0. The Balaban J connectivity index is 2.78. The van der Waals surface area contributed by atoms with Crippen LogP contribution in [0.25, 0.3) is 0 Å². The maximum Gasteiger partial charge on any atom is 0.373 e. The molecule has 0 atom stereocenters. The lowest BCUT2D eigenvalue weighted by atomic mass is 10.3. The van der Waals surface area contributed by atoms with E-state index in [1.54, 1.807) is 25.2 Å². The molecule has 0 aliphatic rings. The van der Waals surface area contributed by atoms with E-state index in [4.69, 9.17) is 4.42 Å². The van der Waals surface area contributed by atoms with Crippen LogP contribution < -0.4 is 0 Å². The van der Waals surface area contributed by atoms with Crippen LogP contribution in [-0.2, 0) is 4.74 Å². The standard InChI is InChI=1S/C11H13NO4/c1-12(2)7-6-8(13)9-4-5-10(16-9)11(14)15-3/h4-7H,1-3H3/b7-6+. The highest BCUT2D eigenvalue weighted by Gasteiger charge is 2.14. The van der Waals surface area contributed by atoms with Crippen molar-refractivity contribution in [2.24, 2.45) is 0 Å². The second kappa shape index (κ2) is 5.16. The van der Waals surface area contributed by atoms with Crippen LogP contribution in [0.4, 0.5) is 0 Å². The van der Waals surface area contributed by atoms with E-state index < -0.39 is 5.97 Å². The first kappa shape index (κ1) is 12.0. The Morgan fingerprint density at radius 1 is 1.31 bits per heavy atom. The van der Waals surface area contributed by atoms with E-state index in [2.05, 4.69) is 4.74 Å². The number of rotatable bonds is 4. The largest absolute Gasteiger partial charge is 0.463 e. The van der Waals surface area contributed by atoms with Gasteiger partial charge < -0.3 is 14.1 Å². The van der Waals surface area contributed by atoms with E-state index in [0.29, 0.717) is 0 Å². The minimum absolute atomic E-state index is 0.0177. The molecular weight excluding hydrogens is 210 g/mol. The van der Waals surface area contributed by atoms with Crippen LogP contribution in [0.15, 0.2) is 28.8 Å². The Bertz CT molecular complexity index is 417. The first-order valence-corrected chi connectivity index (χ1v) is 4.61. The fourth-order valence-electron chi connectivity index (χ4n) is 0.980. The summed E-state index contributed by atoms with van der Waals surface area (Å²) in [7, 11) is 4.84. The van der Waals surface area contributed by atoms with Crippen molar-refractivity contribution >= 4 is 11.8 Å². The Morgan fingerprint density at radius 2 is 1.94 bits per heavy atom. The number of ketones is 1. The fraction of sp³-hybridized carbons (Fsp3) is 0.273. The van der Waals surface area contributed by atoms with Crippen LogP contribution in [0.3, 0.4) is 0 Å². The molecule has 0 aliphatic heterocycles. The summed E-state index contributed by atoms with van der Waals surface area (Å²) in [5.74, 6) is -0.776. The van der Waals surface area contributed by atoms with Gasteiger partial charge in [-0.05, 0) is 12.1 Å². The summed E-state index contributed by atoms with van der Waals surface area (Å²) in [5.41, 5.74) is 0. The molecule has 0 aliphatic carbocycles. The number of carbonyl (C=O) groups excluding carboxylic acids is 2. The molecule has 1 rings (SSSR count). The Kier molecular flexibility index (Phi) is 3.88. The van der Waals surface area contributed by atoms with E-state index in [9.17, 15) is 9.59 Å². The molecule has 16 heavy (non-hydrogen) atoms. The number of hydrogen-bond acceptors (Lipinski definition) is 5. The second-order valence-corrected chi connectivity index (χ2v) is 3.30. The molecule has 0 bridgehead atoms. The van der Waals surface area contributed by atoms with Gasteiger partial charge in [-0.1, -0.05) is 0 Å². The highest BCUT2D eigenvalue weighted by Crippen LogP contribution is 2.10. The number of furan rings is 1. The molecule has 0 radical (unpaired) electrons. The zero-order chi connectivity index (χ0) is 12.1. The van der Waals surface area contributed by atoms with Gasteiger partial charge in [0.25, 0.3) is 0 Å². The van der Waals surface area contributed by atoms with Gasteiger partial charge >= 0.3 is 5.97 Å². The molecule has 1 aromatic heterocycles. The van der Waals surface area contributed by atoms with Gasteiger partial charge in [-0.3, -0.25) is 4.79 Å². The summed E-state index contributed by atoms with van der Waals surface area (Å²) in [5, 5.41) is 0. The molecule has 1 aromatic rings. The molecular formula is C11H13NO4. The van der Waals surface area contributed by atoms with Crippen LogP contribution in [0.2, 0.25) is 0 Å². The van der Waals surface area contributed by atoms with Crippen LogP contribution in [0.5, 0.6) is 0 Å². The van der Waals surface area contributed by atoms with Gasteiger partial charge in [-0.2, -0.15) is 0 Å². The third kappa shape index (κ3) is 2.98. The quantitative estimate of drug-likeness (QED) is 0.437. The first-order chi connectivity index (χ1) is 7.54. The van der Waals surface area contributed by atoms with Gasteiger partial charge in [0.15, 0.2) is 5.76 Å². The molecule has 5 nitrogen and oxygen atoms in total. The minimum Gasteiger partial charge on any atom is -0.463 e. The molecule has 1 heterocycles. The van der Waals surface area contributed by atoms with Crippen molar-refractivity contribution in [3.8, 4) is 0 Å². The summed E-state index contributed by atoms with van der Waals surface area (Å²) >= 11 is 0. The van der Waals surface area contributed by atoms with Crippen molar-refractivity contribution in [1.82, 2.24) is 4.90 Å². The zero-order valence-corrected chi connectivity index (χ0v) is 9.39. The fourth-order valence-corrected chi connectivity index (χ4v) is 0.980. The summed E-state index contributed by atoms with van der Waals surface area (Å²) < 4.78 is 9.49. The van der Waals surface area contributed by atoms with Crippen LogP contribution in [0.1, 0.15) is 21.1 Å². The summed E-state index contributed by atoms with van der Waals surface area (Å²) in [6, 6.07) is 2.84. The number of esters is 1.